The summed E-state index contributed by atoms with van der Waals surface area (Å²) in [6.07, 6.45) is 3.01. The van der Waals surface area contributed by atoms with E-state index in [1.165, 1.54) is 13.3 Å². The van der Waals surface area contributed by atoms with Gasteiger partial charge in [0.25, 0.3) is 0 Å². The van der Waals surface area contributed by atoms with Gasteiger partial charge in [0.2, 0.25) is 5.78 Å². The number of benzene rings is 1. The van der Waals surface area contributed by atoms with Crippen LogP contribution in [0.2, 0.25) is 0 Å². The molecule has 0 atom stereocenters. The second-order valence-electron chi connectivity index (χ2n) is 4.03. The van der Waals surface area contributed by atoms with Crippen molar-refractivity contribution >= 4 is 21.7 Å². The third-order valence-electron chi connectivity index (χ3n) is 2.74. The number of ether oxygens (including phenoxy) is 2. The molecule has 1 aromatic heterocycles. The Labute approximate surface area is 125 Å². The van der Waals surface area contributed by atoms with Crippen molar-refractivity contribution in [3.63, 3.8) is 0 Å². The third-order valence-corrected chi connectivity index (χ3v) is 3.49. The van der Waals surface area contributed by atoms with Crippen LogP contribution in [0.3, 0.4) is 0 Å². The standard InChI is InChI=1S/C14H13BrN2O3/c1-8-6-17-10(7-16-8)13(18)9-4-5-11(19-2)12(15)14(9)20-3/h4-7H,1-3H3. The molecule has 0 aliphatic carbocycles. The van der Waals surface area contributed by atoms with Gasteiger partial charge in [0.1, 0.15) is 21.7 Å². The van der Waals surface area contributed by atoms with Crippen molar-refractivity contribution in [2.75, 3.05) is 14.2 Å². The zero-order chi connectivity index (χ0) is 14.7. The second kappa shape index (κ2) is 6.00. The van der Waals surface area contributed by atoms with Crippen LogP contribution in [-0.4, -0.2) is 30.0 Å². The number of aromatic nitrogens is 2. The Morgan fingerprint density at radius 3 is 2.45 bits per heavy atom. The molecule has 0 spiro atoms. The Bertz CT molecular complexity index is 642. The van der Waals surface area contributed by atoms with Gasteiger partial charge < -0.3 is 9.47 Å². The van der Waals surface area contributed by atoms with E-state index >= 15 is 0 Å². The van der Waals surface area contributed by atoms with Crippen LogP contribution < -0.4 is 9.47 Å². The van der Waals surface area contributed by atoms with Crippen molar-refractivity contribution < 1.29 is 14.3 Å². The molecule has 0 aliphatic heterocycles. The molecule has 1 aromatic carbocycles. The fraction of sp³-hybridized carbons (Fsp3) is 0.214. The first-order valence-electron chi connectivity index (χ1n) is 5.82. The highest BCUT2D eigenvalue weighted by Gasteiger charge is 2.20. The Balaban J connectivity index is 2.49. The minimum absolute atomic E-state index is 0.252. The zero-order valence-electron chi connectivity index (χ0n) is 11.3. The number of aryl methyl sites for hydroxylation is 1. The van der Waals surface area contributed by atoms with Gasteiger partial charge in [-0.1, -0.05) is 0 Å². The van der Waals surface area contributed by atoms with Gasteiger partial charge in [-0.05, 0) is 35.0 Å². The number of carbonyl (C=O) groups excluding carboxylic acids is 1. The summed E-state index contributed by atoms with van der Waals surface area (Å²) in [5, 5.41) is 0. The summed E-state index contributed by atoms with van der Waals surface area (Å²) >= 11 is 3.37. The first kappa shape index (κ1) is 14.5. The van der Waals surface area contributed by atoms with Crippen LogP contribution in [0, 0.1) is 6.92 Å². The van der Waals surface area contributed by atoms with Crippen molar-refractivity contribution in [3.8, 4) is 11.5 Å². The van der Waals surface area contributed by atoms with Crippen LogP contribution in [0.4, 0.5) is 0 Å². The van der Waals surface area contributed by atoms with Gasteiger partial charge in [-0.25, -0.2) is 4.98 Å². The molecule has 5 nitrogen and oxygen atoms in total. The highest BCUT2D eigenvalue weighted by atomic mass is 79.9. The van der Waals surface area contributed by atoms with E-state index in [2.05, 4.69) is 25.9 Å². The van der Waals surface area contributed by atoms with Gasteiger partial charge in [-0.3, -0.25) is 9.78 Å². The molecule has 0 saturated carbocycles. The molecule has 0 bridgehead atoms. The van der Waals surface area contributed by atoms with E-state index in [0.29, 0.717) is 21.5 Å². The summed E-state index contributed by atoms with van der Waals surface area (Å²) in [6.45, 7) is 1.81. The van der Waals surface area contributed by atoms with E-state index < -0.39 is 0 Å². The van der Waals surface area contributed by atoms with Gasteiger partial charge in [0, 0.05) is 6.20 Å². The number of nitrogens with zero attached hydrogens (tertiary/aromatic N) is 2. The molecule has 20 heavy (non-hydrogen) atoms. The molecule has 0 saturated heterocycles. The first-order chi connectivity index (χ1) is 9.58. The predicted molar refractivity (Wildman–Crippen MR) is 77.4 cm³/mol. The number of ketones is 1. The van der Waals surface area contributed by atoms with Gasteiger partial charge in [-0.2, -0.15) is 0 Å². The highest BCUT2D eigenvalue weighted by molar-refractivity contribution is 9.10. The molecular formula is C14H13BrN2O3. The first-order valence-corrected chi connectivity index (χ1v) is 6.61. The van der Waals surface area contributed by atoms with Crippen LogP contribution in [0.25, 0.3) is 0 Å². The Morgan fingerprint density at radius 2 is 1.90 bits per heavy atom. The minimum Gasteiger partial charge on any atom is -0.495 e. The average Bonchev–Trinajstić information content (AvgIpc) is 2.47. The molecule has 2 aromatic rings. The van der Waals surface area contributed by atoms with Crippen LogP contribution >= 0.6 is 15.9 Å². The lowest BCUT2D eigenvalue weighted by Gasteiger charge is -2.12. The van der Waals surface area contributed by atoms with Crippen LogP contribution in [0.5, 0.6) is 11.5 Å². The van der Waals surface area contributed by atoms with E-state index in [1.807, 2.05) is 6.92 Å². The molecular weight excluding hydrogens is 324 g/mol. The van der Waals surface area contributed by atoms with Crippen LogP contribution in [0.15, 0.2) is 29.0 Å². The lowest BCUT2D eigenvalue weighted by atomic mass is 10.1. The molecule has 0 amide bonds. The second-order valence-corrected chi connectivity index (χ2v) is 4.83. The molecule has 0 fully saturated rings. The minimum atomic E-state index is -0.252. The summed E-state index contributed by atoms with van der Waals surface area (Å²) < 4.78 is 11.1. The monoisotopic (exact) mass is 336 g/mol. The lowest BCUT2D eigenvalue weighted by molar-refractivity contribution is 0.103. The topological polar surface area (TPSA) is 61.3 Å². The Kier molecular flexibility index (Phi) is 4.34. The van der Waals surface area contributed by atoms with Crippen molar-refractivity contribution in [1.82, 2.24) is 9.97 Å². The van der Waals surface area contributed by atoms with E-state index in [1.54, 1.807) is 25.4 Å². The number of methoxy groups -OCH3 is 2. The third kappa shape index (κ3) is 2.65. The number of halogens is 1. The molecule has 104 valence electrons. The largest absolute Gasteiger partial charge is 0.495 e. The fourth-order valence-electron chi connectivity index (χ4n) is 1.72. The molecule has 2 rings (SSSR count). The normalized spacial score (nSPS) is 10.2. The fourth-order valence-corrected chi connectivity index (χ4v) is 2.39. The van der Waals surface area contributed by atoms with E-state index in [9.17, 15) is 4.79 Å². The van der Waals surface area contributed by atoms with Gasteiger partial charge in [-0.15, -0.1) is 0 Å². The molecule has 1 heterocycles. The number of carbonyl (C=O) groups is 1. The van der Waals surface area contributed by atoms with Gasteiger partial charge >= 0.3 is 0 Å². The van der Waals surface area contributed by atoms with E-state index in [4.69, 9.17) is 9.47 Å². The van der Waals surface area contributed by atoms with Gasteiger partial charge in [0.05, 0.1) is 31.7 Å². The summed E-state index contributed by atoms with van der Waals surface area (Å²) in [6, 6.07) is 3.34. The van der Waals surface area contributed by atoms with Crippen molar-refractivity contribution in [3.05, 3.63) is 46.0 Å². The maximum atomic E-state index is 12.4. The number of hydrogen-bond acceptors (Lipinski definition) is 5. The van der Waals surface area contributed by atoms with E-state index in [0.717, 1.165) is 5.69 Å². The lowest BCUT2D eigenvalue weighted by Crippen LogP contribution is -2.08. The molecule has 0 aliphatic rings. The van der Waals surface area contributed by atoms with Crippen molar-refractivity contribution in [2.24, 2.45) is 0 Å². The Morgan fingerprint density at radius 1 is 1.15 bits per heavy atom. The molecule has 0 unspecified atom stereocenters. The summed E-state index contributed by atoms with van der Waals surface area (Å²) in [5.41, 5.74) is 1.42. The van der Waals surface area contributed by atoms with E-state index in [-0.39, 0.29) is 11.5 Å². The zero-order valence-corrected chi connectivity index (χ0v) is 12.9. The smallest absolute Gasteiger partial charge is 0.216 e. The summed E-state index contributed by atoms with van der Waals surface area (Å²) in [5.74, 6) is 0.753. The maximum Gasteiger partial charge on any atom is 0.216 e. The van der Waals surface area contributed by atoms with Crippen molar-refractivity contribution in [2.45, 2.75) is 6.92 Å². The SMILES string of the molecule is COc1ccc(C(=O)c2cnc(C)cn2)c(OC)c1Br. The maximum absolute atomic E-state index is 12.4. The summed E-state index contributed by atoms with van der Waals surface area (Å²) in [4.78, 5) is 20.6. The highest BCUT2D eigenvalue weighted by Crippen LogP contribution is 2.37. The quantitative estimate of drug-likeness (QED) is 0.803. The summed E-state index contributed by atoms with van der Waals surface area (Å²) in [7, 11) is 3.05. The van der Waals surface area contributed by atoms with Crippen molar-refractivity contribution in [1.29, 1.82) is 0 Å². The Hall–Kier alpha value is -1.95. The molecule has 0 N–H and O–H groups in total. The molecule has 0 radical (unpaired) electrons. The molecule has 6 heteroatoms. The number of hydrogen-bond donors (Lipinski definition) is 0. The predicted octanol–water partition coefficient (Wildman–Crippen LogP) is 2.80. The number of rotatable bonds is 4. The van der Waals surface area contributed by atoms with Gasteiger partial charge in [0.15, 0.2) is 0 Å². The van der Waals surface area contributed by atoms with Crippen LogP contribution in [0.1, 0.15) is 21.7 Å². The average molecular weight is 337 g/mol. The van der Waals surface area contributed by atoms with Crippen LogP contribution in [-0.2, 0) is 0 Å².